The van der Waals surface area contributed by atoms with E-state index in [9.17, 15) is 19.7 Å². The molecule has 0 bridgehead atoms. The van der Waals surface area contributed by atoms with E-state index in [0.717, 1.165) is 4.90 Å². The molecule has 0 spiro atoms. The average Bonchev–Trinajstić information content (AvgIpc) is 3.17. The molecule has 1 saturated heterocycles. The maximum absolute atomic E-state index is 13.1. The quantitative estimate of drug-likeness (QED) is 0.459. The minimum Gasteiger partial charge on any atom is -0.381 e. The van der Waals surface area contributed by atoms with Gasteiger partial charge in [-0.15, -0.1) is 0 Å². The summed E-state index contributed by atoms with van der Waals surface area (Å²) in [6.45, 7) is 1.49. The van der Waals surface area contributed by atoms with E-state index in [4.69, 9.17) is 16.4 Å². The van der Waals surface area contributed by atoms with Crippen LogP contribution >= 0.6 is 11.6 Å². The van der Waals surface area contributed by atoms with Gasteiger partial charge in [-0.25, -0.2) is 4.90 Å². The molecule has 2 heterocycles. The fraction of sp³-hybridized carbons (Fsp3) is 0.167. The summed E-state index contributed by atoms with van der Waals surface area (Å²) in [7, 11) is 0. The first-order valence-electron chi connectivity index (χ1n) is 8.02. The fourth-order valence-corrected chi connectivity index (χ4v) is 3.59. The molecule has 4 rings (SSSR count). The summed E-state index contributed by atoms with van der Waals surface area (Å²) in [5, 5.41) is 15.5. The third-order valence-corrected chi connectivity index (χ3v) is 5.01. The molecule has 0 N–H and O–H groups in total. The number of hydrogen-bond acceptors (Lipinski definition) is 6. The maximum Gasteiger partial charge on any atom is 0.278 e. The Labute approximate surface area is 158 Å². The highest BCUT2D eigenvalue weighted by molar-refractivity contribution is 6.38. The second kappa shape index (κ2) is 6.17. The second-order valence-electron chi connectivity index (χ2n) is 6.15. The van der Waals surface area contributed by atoms with E-state index >= 15 is 0 Å². The molecule has 9 heteroatoms. The van der Waals surface area contributed by atoms with Gasteiger partial charge in [0.15, 0.2) is 0 Å². The first kappa shape index (κ1) is 17.2. The smallest absolute Gasteiger partial charge is 0.278 e. The predicted octanol–water partition coefficient (Wildman–Crippen LogP) is 2.85. The van der Waals surface area contributed by atoms with Crippen molar-refractivity contribution in [3.05, 3.63) is 68.7 Å². The van der Waals surface area contributed by atoms with Gasteiger partial charge >= 0.3 is 0 Å². The third-order valence-electron chi connectivity index (χ3n) is 4.68. The molecule has 1 fully saturated rings. The van der Waals surface area contributed by atoms with E-state index in [1.807, 2.05) is 0 Å². The number of nitrogens with zero attached hydrogens (tertiary/aromatic N) is 3. The summed E-state index contributed by atoms with van der Waals surface area (Å²) >= 11 is 6.19. The lowest BCUT2D eigenvalue weighted by atomic mass is 9.94. The Kier molecular flexibility index (Phi) is 3.92. The summed E-state index contributed by atoms with van der Waals surface area (Å²) in [6.07, 6.45) is -1.11. The van der Waals surface area contributed by atoms with Gasteiger partial charge in [-0.2, -0.15) is 0 Å². The van der Waals surface area contributed by atoms with Crippen LogP contribution in [0, 0.1) is 23.0 Å². The van der Waals surface area contributed by atoms with Crippen molar-refractivity contribution in [3.63, 3.8) is 0 Å². The lowest BCUT2D eigenvalue weighted by Gasteiger charge is -2.17. The van der Waals surface area contributed by atoms with Gasteiger partial charge in [0.05, 0.1) is 16.2 Å². The Morgan fingerprint density at radius 3 is 2.59 bits per heavy atom. The lowest BCUT2D eigenvalue weighted by molar-refractivity contribution is -0.385. The molecule has 2 aliphatic rings. The molecule has 2 amide bonds. The van der Waals surface area contributed by atoms with Crippen molar-refractivity contribution in [2.75, 3.05) is 4.90 Å². The van der Waals surface area contributed by atoms with Gasteiger partial charge in [0.25, 0.3) is 11.6 Å². The normalized spacial score (nSPS) is 21.1. The topological polar surface area (TPSA) is 102 Å². The number of oxime groups is 1. The van der Waals surface area contributed by atoms with Gasteiger partial charge < -0.3 is 4.84 Å². The summed E-state index contributed by atoms with van der Waals surface area (Å²) in [4.78, 5) is 42.6. The molecule has 2 aromatic carbocycles. The zero-order valence-electron chi connectivity index (χ0n) is 14.0. The Morgan fingerprint density at radius 1 is 1.15 bits per heavy atom. The standard InChI is InChI=1S/C18H12ClN3O5/c1-9-12(7-4-8-13(9)22(25)26)21-17(23)14-15(20-27-16(14)18(21)24)10-5-2-3-6-11(10)19/h2-8,14,16H,1H3/t14-,16+/m1/s1. The number of imide groups is 1. The van der Waals surface area contributed by atoms with Crippen molar-refractivity contribution >= 4 is 40.5 Å². The molecule has 2 aliphatic heterocycles. The van der Waals surface area contributed by atoms with Gasteiger partial charge in [-0.3, -0.25) is 19.7 Å². The summed E-state index contributed by atoms with van der Waals surface area (Å²) in [6, 6.07) is 11.0. The molecule has 0 saturated carbocycles. The molecular weight excluding hydrogens is 374 g/mol. The molecule has 136 valence electrons. The average molecular weight is 386 g/mol. The Morgan fingerprint density at radius 2 is 1.89 bits per heavy atom. The number of carbonyl (C=O) groups excluding carboxylic acids is 2. The van der Waals surface area contributed by atoms with Gasteiger partial charge in [-0.05, 0) is 19.1 Å². The highest BCUT2D eigenvalue weighted by Crippen LogP contribution is 2.38. The van der Waals surface area contributed by atoms with Crippen LogP contribution in [0.2, 0.25) is 5.02 Å². The van der Waals surface area contributed by atoms with Crippen molar-refractivity contribution in [1.29, 1.82) is 0 Å². The van der Waals surface area contributed by atoms with Crippen molar-refractivity contribution in [2.24, 2.45) is 11.1 Å². The van der Waals surface area contributed by atoms with Crippen molar-refractivity contribution < 1.29 is 19.3 Å². The van der Waals surface area contributed by atoms with E-state index in [2.05, 4.69) is 5.16 Å². The number of nitro benzene ring substituents is 1. The zero-order chi connectivity index (χ0) is 19.3. The molecule has 27 heavy (non-hydrogen) atoms. The van der Waals surface area contributed by atoms with Crippen molar-refractivity contribution in [2.45, 2.75) is 13.0 Å². The minimum atomic E-state index is -1.11. The number of halogens is 1. The molecular formula is C18H12ClN3O5. The molecule has 0 aromatic heterocycles. The highest BCUT2D eigenvalue weighted by atomic mass is 35.5. The van der Waals surface area contributed by atoms with Crippen molar-refractivity contribution in [3.8, 4) is 0 Å². The van der Waals surface area contributed by atoms with Crippen LogP contribution in [0.25, 0.3) is 0 Å². The number of anilines is 1. The van der Waals surface area contributed by atoms with Crippen LogP contribution in [0.15, 0.2) is 47.6 Å². The lowest BCUT2D eigenvalue weighted by Crippen LogP contribution is -2.33. The van der Waals surface area contributed by atoms with E-state index in [0.29, 0.717) is 10.6 Å². The van der Waals surface area contributed by atoms with Crippen LogP contribution in [0.5, 0.6) is 0 Å². The van der Waals surface area contributed by atoms with Crippen LogP contribution in [0.3, 0.4) is 0 Å². The van der Waals surface area contributed by atoms with E-state index in [1.54, 1.807) is 24.3 Å². The first-order valence-corrected chi connectivity index (χ1v) is 8.40. The Bertz CT molecular complexity index is 1040. The van der Waals surface area contributed by atoms with Gasteiger partial charge in [0, 0.05) is 16.7 Å². The maximum atomic E-state index is 13.1. The highest BCUT2D eigenvalue weighted by Gasteiger charge is 2.56. The van der Waals surface area contributed by atoms with Gasteiger partial charge in [0.2, 0.25) is 12.0 Å². The number of fused-ring (bicyclic) bond motifs is 1. The van der Waals surface area contributed by atoms with E-state index < -0.39 is 28.8 Å². The number of rotatable bonds is 3. The third kappa shape index (κ3) is 2.48. The zero-order valence-corrected chi connectivity index (χ0v) is 14.7. The SMILES string of the molecule is Cc1c(N2C(=O)[C@@H]3C(c4ccccc4Cl)=NO[C@@H]3C2=O)cccc1[N+](=O)[O-]. The monoisotopic (exact) mass is 385 g/mol. The minimum absolute atomic E-state index is 0.163. The van der Waals surface area contributed by atoms with Gasteiger partial charge in [-0.1, -0.05) is 41.0 Å². The number of carbonyl (C=O) groups is 2. The van der Waals surface area contributed by atoms with Crippen LogP contribution in [0.1, 0.15) is 11.1 Å². The second-order valence-corrected chi connectivity index (χ2v) is 6.56. The number of benzene rings is 2. The number of amides is 2. The molecule has 2 atom stereocenters. The Balaban J connectivity index is 1.77. The summed E-state index contributed by atoms with van der Waals surface area (Å²) < 4.78 is 0. The van der Waals surface area contributed by atoms with Crippen molar-refractivity contribution in [1.82, 2.24) is 0 Å². The first-order chi connectivity index (χ1) is 12.9. The summed E-state index contributed by atoms with van der Waals surface area (Å²) in [5.41, 5.74) is 0.988. The van der Waals surface area contributed by atoms with Gasteiger partial charge in [0.1, 0.15) is 11.6 Å². The largest absolute Gasteiger partial charge is 0.381 e. The number of hydrogen-bond donors (Lipinski definition) is 0. The van der Waals surface area contributed by atoms with Crippen LogP contribution in [-0.2, 0) is 14.4 Å². The van der Waals surface area contributed by atoms with Crippen LogP contribution < -0.4 is 4.90 Å². The van der Waals surface area contributed by atoms with E-state index in [1.165, 1.54) is 25.1 Å². The molecule has 2 aromatic rings. The van der Waals surface area contributed by atoms with E-state index in [-0.39, 0.29) is 22.6 Å². The predicted molar refractivity (Wildman–Crippen MR) is 96.7 cm³/mol. The Hall–Kier alpha value is -3.26. The molecule has 0 aliphatic carbocycles. The molecule has 8 nitrogen and oxygen atoms in total. The molecule has 0 unspecified atom stereocenters. The molecule has 0 radical (unpaired) electrons. The summed E-state index contributed by atoms with van der Waals surface area (Å²) in [5.74, 6) is -2.11. The fourth-order valence-electron chi connectivity index (χ4n) is 3.36. The number of nitro groups is 1. The van der Waals surface area contributed by atoms with Crippen LogP contribution in [-0.4, -0.2) is 28.6 Å². The van der Waals surface area contributed by atoms with Crippen LogP contribution in [0.4, 0.5) is 11.4 Å².